The van der Waals surface area contributed by atoms with E-state index in [1.807, 2.05) is 30.3 Å². The van der Waals surface area contributed by atoms with E-state index in [0.717, 1.165) is 18.4 Å². The van der Waals surface area contributed by atoms with Crippen LogP contribution in [0.15, 0.2) is 72.2 Å². The minimum atomic E-state index is -0.691. The van der Waals surface area contributed by atoms with Gasteiger partial charge in [0.05, 0.1) is 6.61 Å². The Kier molecular flexibility index (Phi) is 7.62. The number of amides is 2. The summed E-state index contributed by atoms with van der Waals surface area (Å²) in [6.07, 6.45) is 4.93. The van der Waals surface area contributed by atoms with Crippen molar-refractivity contribution in [2.45, 2.75) is 38.6 Å². The maximum absolute atomic E-state index is 13.8. The smallest absolute Gasteiger partial charge is 0.278 e. The zero-order chi connectivity index (χ0) is 27.4. The molecule has 2 aliphatic rings. The quantitative estimate of drug-likeness (QED) is 0.306. The van der Waals surface area contributed by atoms with Crippen LogP contribution in [0.2, 0.25) is 0 Å². The number of nitrogens with one attached hydrogen (secondary N) is 2. The highest BCUT2D eigenvalue weighted by Gasteiger charge is 2.39. The van der Waals surface area contributed by atoms with Gasteiger partial charge in [0.15, 0.2) is 11.4 Å². The number of nitrogens with zero attached hydrogens (tertiary/aromatic N) is 2. The summed E-state index contributed by atoms with van der Waals surface area (Å²) in [7, 11) is 0. The van der Waals surface area contributed by atoms with Crippen LogP contribution < -0.4 is 25.6 Å². The van der Waals surface area contributed by atoms with Crippen LogP contribution >= 0.6 is 0 Å². The standard InChI is InChI=1S/C29H29FN4O5/c1-2-3-14-38-23-15-21(30)12-11-20(23)16-31-28(36)22-17-34-25(29(37)33-13-7-10-24(33)32-34)27(26(22)35)39-18-19-8-5-4-6-9-19/h2,4-6,8-9,11-12,15,17,24,32H,1,3,7,10,13-14,16,18H2,(H,31,36)/t24-/m0/s1. The van der Waals surface area contributed by atoms with E-state index in [4.69, 9.17) is 9.47 Å². The van der Waals surface area contributed by atoms with Crippen LogP contribution in [0.4, 0.5) is 4.39 Å². The van der Waals surface area contributed by atoms with E-state index in [1.54, 1.807) is 11.0 Å². The second kappa shape index (κ2) is 11.4. The fourth-order valence-corrected chi connectivity index (χ4v) is 4.69. The first-order valence-electron chi connectivity index (χ1n) is 12.8. The summed E-state index contributed by atoms with van der Waals surface area (Å²) in [5.74, 6) is -1.35. The number of ether oxygens (including phenoxy) is 2. The summed E-state index contributed by atoms with van der Waals surface area (Å²) in [5.41, 5.74) is 3.75. The lowest BCUT2D eigenvalue weighted by atomic mass is 10.1. The molecule has 1 saturated heterocycles. The fraction of sp³-hybridized carbons (Fsp3) is 0.276. The van der Waals surface area contributed by atoms with Crippen LogP contribution in [0.5, 0.6) is 11.5 Å². The predicted molar refractivity (Wildman–Crippen MR) is 143 cm³/mol. The van der Waals surface area contributed by atoms with Crippen molar-refractivity contribution in [2.75, 3.05) is 18.6 Å². The molecule has 39 heavy (non-hydrogen) atoms. The average Bonchev–Trinajstić information content (AvgIpc) is 3.42. The summed E-state index contributed by atoms with van der Waals surface area (Å²) < 4.78 is 26.8. The molecule has 1 atom stereocenters. The first-order chi connectivity index (χ1) is 19.0. The van der Waals surface area contributed by atoms with Crippen LogP contribution in [0.3, 0.4) is 0 Å². The molecule has 1 fully saturated rings. The highest BCUT2D eigenvalue weighted by Crippen LogP contribution is 2.28. The molecule has 0 bridgehead atoms. The van der Waals surface area contributed by atoms with Gasteiger partial charge in [-0.3, -0.25) is 19.1 Å². The monoisotopic (exact) mass is 532 g/mol. The molecule has 3 aromatic rings. The first kappa shape index (κ1) is 26.0. The van der Waals surface area contributed by atoms with Gasteiger partial charge in [0.25, 0.3) is 11.8 Å². The maximum Gasteiger partial charge on any atom is 0.278 e. The largest absolute Gasteiger partial charge is 0.493 e. The van der Waals surface area contributed by atoms with Gasteiger partial charge in [-0.1, -0.05) is 42.5 Å². The molecule has 0 radical (unpaired) electrons. The molecule has 2 aliphatic heterocycles. The van der Waals surface area contributed by atoms with Crippen molar-refractivity contribution in [1.29, 1.82) is 0 Å². The fourth-order valence-electron chi connectivity index (χ4n) is 4.69. The van der Waals surface area contributed by atoms with E-state index in [2.05, 4.69) is 17.3 Å². The molecular weight excluding hydrogens is 503 g/mol. The lowest BCUT2D eigenvalue weighted by molar-refractivity contribution is 0.0693. The number of halogens is 1. The van der Waals surface area contributed by atoms with Crippen molar-refractivity contribution in [3.8, 4) is 11.5 Å². The van der Waals surface area contributed by atoms with Gasteiger partial charge in [-0.05, 0) is 30.9 Å². The normalized spacial score (nSPS) is 15.7. The summed E-state index contributed by atoms with van der Waals surface area (Å²) in [5, 5.41) is 2.72. The molecule has 0 unspecified atom stereocenters. The minimum Gasteiger partial charge on any atom is -0.493 e. The summed E-state index contributed by atoms with van der Waals surface area (Å²) >= 11 is 0. The van der Waals surface area contributed by atoms with E-state index in [-0.39, 0.29) is 42.2 Å². The Hall–Kier alpha value is -4.60. The molecule has 202 valence electrons. The van der Waals surface area contributed by atoms with Crippen molar-refractivity contribution in [2.24, 2.45) is 0 Å². The van der Waals surface area contributed by atoms with Gasteiger partial charge in [-0.25, -0.2) is 4.39 Å². The molecular formula is C29H29FN4O5. The summed E-state index contributed by atoms with van der Waals surface area (Å²) in [6, 6.07) is 13.3. The predicted octanol–water partition coefficient (Wildman–Crippen LogP) is 3.57. The Morgan fingerprint density at radius 2 is 2.00 bits per heavy atom. The topological polar surface area (TPSA) is 102 Å². The van der Waals surface area contributed by atoms with Gasteiger partial charge < -0.3 is 25.1 Å². The number of pyridine rings is 1. The van der Waals surface area contributed by atoms with Gasteiger partial charge in [-0.15, -0.1) is 6.58 Å². The molecule has 10 heteroatoms. The molecule has 0 spiro atoms. The molecule has 0 aliphatic carbocycles. The van der Waals surface area contributed by atoms with E-state index >= 15 is 0 Å². The number of rotatable bonds is 10. The number of hydrogen-bond acceptors (Lipinski definition) is 6. The number of hydrogen-bond donors (Lipinski definition) is 2. The molecule has 9 nitrogen and oxygen atoms in total. The number of fused-ring (bicyclic) bond motifs is 2. The first-order valence-corrected chi connectivity index (χ1v) is 12.8. The number of aromatic nitrogens is 1. The molecule has 2 amide bonds. The Morgan fingerprint density at radius 3 is 2.79 bits per heavy atom. The number of benzene rings is 2. The van der Waals surface area contributed by atoms with Crippen LogP contribution in [-0.2, 0) is 13.2 Å². The van der Waals surface area contributed by atoms with Gasteiger partial charge in [0, 0.05) is 30.9 Å². The molecule has 3 heterocycles. The van der Waals surface area contributed by atoms with E-state index in [0.29, 0.717) is 30.9 Å². The third-order valence-corrected chi connectivity index (χ3v) is 6.69. The second-order valence-corrected chi connectivity index (χ2v) is 9.34. The highest BCUT2D eigenvalue weighted by molar-refractivity contribution is 5.99. The van der Waals surface area contributed by atoms with Gasteiger partial charge in [0.2, 0.25) is 5.43 Å². The Balaban J connectivity index is 1.43. The highest BCUT2D eigenvalue weighted by atomic mass is 19.1. The number of carbonyl (C=O) groups is 2. The Morgan fingerprint density at radius 1 is 1.18 bits per heavy atom. The van der Waals surface area contributed by atoms with Crippen molar-refractivity contribution in [3.63, 3.8) is 0 Å². The van der Waals surface area contributed by atoms with Crippen molar-refractivity contribution in [1.82, 2.24) is 14.9 Å². The summed E-state index contributed by atoms with van der Waals surface area (Å²) in [6.45, 7) is 4.56. The molecule has 2 aromatic carbocycles. The molecule has 2 N–H and O–H groups in total. The molecule has 0 saturated carbocycles. The summed E-state index contributed by atoms with van der Waals surface area (Å²) in [4.78, 5) is 41.8. The zero-order valence-electron chi connectivity index (χ0n) is 21.3. The maximum atomic E-state index is 13.8. The third kappa shape index (κ3) is 5.50. The SMILES string of the molecule is C=CCCOc1cc(F)ccc1CNC(=O)c1cn2c(c(OCc3ccccc3)c1=O)C(=O)N1CCC[C@H]1N2. The van der Waals surface area contributed by atoms with Crippen LogP contribution in [0.25, 0.3) is 0 Å². The lowest BCUT2D eigenvalue weighted by Gasteiger charge is -2.34. The van der Waals surface area contributed by atoms with E-state index in [1.165, 1.54) is 29.1 Å². The van der Waals surface area contributed by atoms with E-state index in [9.17, 15) is 18.8 Å². The van der Waals surface area contributed by atoms with Crippen LogP contribution in [0.1, 0.15) is 51.2 Å². The average molecular weight is 533 g/mol. The second-order valence-electron chi connectivity index (χ2n) is 9.34. The van der Waals surface area contributed by atoms with Crippen LogP contribution in [-0.4, -0.2) is 40.7 Å². The van der Waals surface area contributed by atoms with Crippen molar-refractivity contribution in [3.05, 3.63) is 106 Å². The van der Waals surface area contributed by atoms with Crippen molar-refractivity contribution < 1.29 is 23.5 Å². The van der Waals surface area contributed by atoms with Gasteiger partial charge >= 0.3 is 0 Å². The third-order valence-electron chi connectivity index (χ3n) is 6.69. The minimum absolute atomic E-state index is 0.00725. The number of carbonyl (C=O) groups excluding carboxylic acids is 2. The van der Waals surface area contributed by atoms with Crippen molar-refractivity contribution >= 4 is 11.8 Å². The van der Waals surface area contributed by atoms with E-state index < -0.39 is 17.2 Å². The molecule has 5 rings (SSSR count). The van der Waals surface area contributed by atoms with Gasteiger partial charge in [0.1, 0.15) is 29.9 Å². The molecule has 1 aromatic heterocycles. The lowest BCUT2D eigenvalue weighted by Crippen LogP contribution is -2.51. The Labute approximate surface area is 224 Å². The van der Waals surface area contributed by atoms with Gasteiger partial charge in [-0.2, -0.15) is 0 Å². The van der Waals surface area contributed by atoms with Crippen LogP contribution in [0, 0.1) is 5.82 Å². The zero-order valence-corrected chi connectivity index (χ0v) is 21.3. The Bertz CT molecular complexity index is 1460.